The molecular formula is C11H17ClN2O2S. The molecule has 0 aromatic heterocycles. The molecule has 0 aliphatic carbocycles. The molecule has 1 aromatic carbocycles. The number of benzene rings is 1. The Kier molecular flexibility index (Phi) is 5.39. The fourth-order valence-electron chi connectivity index (χ4n) is 1.37. The Hall–Kier alpha value is -0.620. The zero-order valence-corrected chi connectivity index (χ0v) is 11.3. The van der Waals surface area contributed by atoms with Crippen LogP contribution < -0.4 is 5.73 Å². The zero-order chi connectivity index (χ0) is 12.9. The van der Waals surface area contributed by atoms with Crippen molar-refractivity contribution in [2.75, 3.05) is 32.4 Å². The molecule has 0 heterocycles. The molecule has 6 heteroatoms. The minimum Gasteiger partial charge on any atom is -0.329 e. The number of nitrogens with zero attached hydrogens (tertiary/aromatic N) is 1. The van der Waals surface area contributed by atoms with Gasteiger partial charge in [0.25, 0.3) is 0 Å². The molecule has 0 saturated carbocycles. The summed E-state index contributed by atoms with van der Waals surface area (Å²) in [4.78, 5) is 2.20. The third-order valence-corrected chi connectivity index (χ3v) is 4.39. The zero-order valence-electron chi connectivity index (χ0n) is 9.77. The summed E-state index contributed by atoms with van der Waals surface area (Å²) in [7, 11) is -1.38. The third-order valence-electron chi connectivity index (χ3n) is 2.43. The number of nitrogens with two attached hydrogens (primary N) is 1. The van der Waals surface area contributed by atoms with Crippen LogP contribution in [0, 0.1) is 0 Å². The molecular weight excluding hydrogens is 260 g/mol. The summed E-state index contributed by atoms with van der Waals surface area (Å²) in [6.45, 7) is 1.69. The molecule has 2 N–H and O–H groups in total. The quantitative estimate of drug-likeness (QED) is 0.842. The molecule has 1 rings (SSSR count). The maximum Gasteiger partial charge on any atom is 0.179 e. The lowest BCUT2D eigenvalue weighted by Gasteiger charge is -2.15. The van der Waals surface area contributed by atoms with Gasteiger partial charge in [-0.15, -0.1) is 0 Å². The minimum atomic E-state index is -3.23. The molecule has 1 aromatic rings. The summed E-state index contributed by atoms with van der Waals surface area (Å²) in [6, 6.07) is 6.22. The Labute approximate surface area is 107 Å². The molecule has 0 aliphatic rings. The van der Waals surface area contributed by atoms with Gasteiger partial charge in [-0.2, -0.15) is 0 Å². The van der Waals surface area contributed by atoms with Crippen LogP contribution in [0.5, 0.6) is 0 Å². The van der Waals surface area contributed by atoms with Crippen molar-refractivity contribution in [1.29, 1.82) is 0 Å². The maximum absolute atomic E-state index is 12.0. The molecule has 0 bridgehead atoms. The van der Waals surface area contributed by atoms with Crippen molar-refractivity contribution < 1.29 is 8.42 Å². The number of rotatable bonds is 6. The molecule has 0 spiro atoms. The first-order valence-electron chi connectivity index (χ1n) is 5.32. The second kappa shape index (κ2) is 6.35. The Balaban J connectivity index is 2.66. The lowest BCUT2D eigenvalue weighted by Crippen LogP contribution is -2.30. The first-order valence-corrected chi connectivity index (χ1v) is 7.35. The Bertz CT molecular complexity index is 445. The molecule has 0 unspecified atom stereocenters. The fraction of sp³-hybridized carbons (Fsp3) is 0.455. The van der Waals surface area contributed by atoms with Crippen molar-refractivity contribution in [1.82, 2.24) is 4.90 Å². The van der Waals surface area contributed by atoms with Crippen LogP contribution in [-0.2, 0) is 9.84 Å². The molecule has 0 aliphatic heterocycles. The van der Waals surface area contributed by atoms with Crippen LogP contribution in [0.2, 0.25) is 5.02 Å². The van der Waals surface area contributed by atoms with Gasteiger partial charge in [0.2, 0.25) is 0 Å². The minimum absolute atomic E-state index is 0.0884. The van der Waals surface area contributed by atoms with E-state index in [1.807, 2.05) is 11.9 Å². The summed E-state index contributed by atoms with van der Waals surface area (Å²) < 4.78 is 23.9. The van der Waals surface area contributed by atoms with E-state index >= 15 is 0 Å². The topological polar surface area (TPSA) is 63.4 Å². The number of hydrogen-bond donors (Lipinski definition) is 1. The van der Waals surface area contributed by atoms with Crippen molar-refractivity contribution in [3.05, 3.63) is 29.3 Å². The monoisotopic (exact) mass is 276 g/mol. The van der Waals surface area contributed by atoms with E-state index in [0.29, 0.717) is 29.6 Å². The van der Waals surface area contributed by atoms with Gasteiger partial charge >= 0.3 is 0 Å². The van der Waals surface area contributed by atoms with Crippen LogP contribution in [0.3, 0.4) is 0 Å². The first kappa shape index (κ1) is 14.4. The van der Waals surface area contributed by atoms with Crippen molar-refractivity contribution in [3.8, 4) is 0 Å². The van der Waals surface area contributed by atoms with Gasteiger partial charge in [0.05, 0.1) is 10.6 Å². The highest BCUT2D eigenvalue weighted by Gasteiger charge is 2.14. The van der Waals surface area contributed by atoms with Crippen molar-refractivity contribution in [3.63, 3.8) is 0 Å². The highest BCUT2D eigenvalue weighted by molar-refractivity contribution is 7.91. The lowest BCUT2D eigenvalue weighted by atomic mass is 10.4. The molecule has 17 heavy (non-hydrogen) atoms. The molecule has 0 fully saturated rings. The van der Waals surface area contributed by atoms with E-state index in [1.54, 1.807) is 12.1 Å². The van der Waals surface area contributed by atoms with E-state index in [-0.39, 0.29) is 5.75 Å². The molecule has 96 valence electrons. The second-order valence-electron chi connectivity index (χ2n) is 3.86. The van der Waals surface area contributed by atoms with Gasteiger partial charge in [-0.05, 0) is 31.3 Å². The number of halogens is 1. The Morgan fingerprint density at radius 2 is 1.82 bits per heavy atom. The van der Waals surface area contributed by atoms with Gasteiger partial charge in [0.1, 0.15) is 0 Å². The van der Waals surface area contributed by atoms with Crippen LogP contribution >= 0.6 is 11.6 Å². The highest BCUT2D eigenvalue weighted by Crippen LogP contribution is 2.15. The number of likely N-dealkylation sites (N-methyl/N-ethyl adjacent to an activating group) is 1. The first-order chi connectivity index (χ1) is 7.95. The van der Waals surface area contributed by atoms with Crippen molar-refractivity contribution in [2.45, 2.75) is 4.90 Å². The highest BCUT2D eigenvalue weighted by atomic mass is 35.5. The average molecular weight is 277 g/mol. The summed E-state index contributed by atoms with van der Waals surface area (Å²) in [5.41, 5.74) is 5.39. The summed E-state index contributed by atoms with van der Waals surface area (Å²) in [6.07, 6.45) is 0. The summed E-state index contributed by atoms with van der Waals surface area (Å²) in [5.74, 6) is 0.0884. The van der Waals surface area contributed by atoms with Crippen LogP contribution in [-0.4, -0.2) is 45.8 Å². The molecule has 0 saturated heterocycles. The Morgan fingerprint density at radius 1 is 1.24 bits per heavy atom. The predicted molar refractivity (Wildman–Crippen MR) is 70.1 cm³/mol. The van der Waals surface area contributed by atoms with E-state index in [0.717, 1.165) is 0 Å². The van der Waals surface area contributed by atoms with E-state index < -0.39 is 9.84 Å². The molecule has 0 atom stereocenters. The standard InChI is InChI=1S/C11H17ClN2O2S/c1-14(7-6-13)8-9-17(15,16)11-4-2-10(12)3-5-11/h2-5H,6-9,13H2,1H3. The maximum atomic E-state index is 12.0. The number of sulfone groups is 1. The number of hydrogen-bond acceptors (Lipinski definition) is 4. The van der Waals surface area contributed by atoms with E-state index in [9.17, 15) is 8.42 Å². The van der Waals surface area contributed by atoms with Crippen LogP contribution in [0.1, 0.15) is 0 Å². The van der Waals surface area contributed by atoms with Crippen LogP contribution in [0.25, 0.3) is 0 Å². The van der Waals surface area contributed by atoms with E-state index in [1.165, 1.54) is 12.1 Å². The van der Waals surface area contributed by atoms with Crippen LogP contribution in [0.15, 0.2) is 29.2 Å². The van der Waals surface area contributed by atoms with Crippen molar-refractivity contribution in [2.24, 2.45) is 5.73 Å². The van der Waals surface area contributed by atoms with Gasteiger partial charge in [-0.3, -0.25) is 0 Å². The SMILES string of the molecule is CN(CCN)CCS(=O)(=O)c1ccc(Cl)cc1. The van der Waals surface area contributed by atoms with Gasteiger partial charge in [-0.25, -0.2) is 8.42 Å². The van der Waals surface area contributed by atoms with Crippen molar-refractivity contribution >= 4 is 21.4 Å². The second-order valence-corrected chi connectivity index (χ2v) is 6.41. The normalized spacial score (nSPS) is 12.0. The third kappa shape index (κ3) is 4.63. The lowest BCUT2D eigenvalue weighted by molar-refractivity contribution is 0.363. The van der Waals surface area contributed by atoms with Gasteiger partial charge < -0.3 is 10.6 Å². The van der Waals surface area contributed by atoms with Gasteiger partial charge in [0, 0.05) is 24.7 Å². The summed E-state index contributed by atoms with van der Waals surface area (Å²) in [5, 5.41) is 0.532. The predicted octanol–water partition coefficient (Wildman–Crippen LogP) is 1.00. The fourth-order valence-corrected chi connectivity index (χ4v) is 2.83. The van der Waals surface area contributed by atoms with Gasteiger partial charge in [-0.1, -0.05) is 11.6 Å². The largest absolute Gasteiger partial charge is 0.329 e. The molecule has 4 nitrogen and oxygen atoms in total. The van der Waals surface area contributed by atoms with Gasteiger partial charge in [0.15, 0.2) is 9.84 Å². The van der Waals surface area contributed by atoms with Crippen LogP contribution in [0.4, 0.5) is 0 Å². The smallest absolute Gasteiger partial charge is 0.179 e. The van der Waals surface area contributed by atoms with E-state index in [2.05, 4.69) is 0 Å². The molecule has 0 amide bonds. The van der Waals surface area contributed by atoms with E-state index in [4.69, 9.17) is 17.3 Å². The Morgan fingerprint density at radius 3 is 2.35 bits per heavy atom. The average Bonchev–Trinajstić information content (AvgIpc) is 2.28. The summed E-state index contributed by atoms with van der Waals surface area (Å²) >= 11 is 5.71. The molecule has 0 radical (unpaired) electrons.